The number of amides is 1. The van der Waals surface area contributed by atoms with E-state index in [-0.39, 0.29) is 28.9 Å². The van der Waals surface area contributed by atoms with Crippen molar-refractivity contribution in [3.63, 3.8) is 0 Å². The number of nitrogens with two attached hydrogens (primary N) is 1. The summed E-state index contributed by atoms with van der Waals surface area (Å²) in [7, 11) is 0. The highest BCUT2D eigenvalue weighted by Gasteiger charge is 2.34. The number of anilines is 1. The van der Waals surface area contributed by atoms with Gasteiger partial charge >= 0.3 is 6.18 Å². The Morgan fingerprint density at radius 3 is 2.60 bits per heavy atom. The maximum atomic E-state index is 12.5. The molecule has 0 bridgehead atoms. The Labute approximate surface area is 119 Å². The van der Waals surface area contributed by atoms with E-state index in [4.69, 9.17) is 17.3 Å². The molecule has 1 aromatic rings. The summed E-state index contributed by atoms with van der Waals surface area (Å²) in [4.78, 5) is 16.5. The minimum atomic E-state index is -4.48. The number of halogens is 4. The normalized spacial score (nSPS) is 11.8. The second kappa shape index (κ2) is 6.30. The summed E-state index contributed by atoms with van der Waals surface area (Å²) in [6.45, 7) is 2.06. The Balaban J connectivity index is 3.06. The van der Waals surface area contributed by atoms with Gasteiger partial charge in [-0.05, 0) is 12.0 Å². The second-order valence-corrected chi connectivity index (χ2v) is 5.16. The molecule has 0 aliphatic rings. The molecule has 0 spiro atoms. The average molecular weight is 310 g/mol. The molecule has 0 atom stereocenters. The van der Waals surface area contributed by atoms with Gasteiger partial charge in [0.1, 0.15) is 11.7 Å². The fourth-order valence-corrected chi connectivity index (χ4v) is 1.85. The lowest BCUT2D eigenvalue weighted by Crippen LogP contribution is -2.41. The topological polar surface area (TPSA) is 59.2 Å². The summed E-state index contributed by atoms with van der Waals surface area (Å²) in [6, 6.07) is 1.22. The molecule has 1 rings (SSSR count). The minimum Gasteiger partial charge on any atom is -0.397 e. The number of pyridine rings is 1. The van der Waals surface area contributed by atoms with Crippen LogP contribution in [0.3, 0.4) is 0 Å². The summed E-state index contributed by atoms with van der Waals surface area (Å²) in [6.07, 6.45) is -3.25. The molecule has 0 saturated carbocycles. The van der Waals surface area contributed by atoms with E-state index in [9.17, 15) is 18.0 Å². The number of carbonyl (C=O) groups excluding carboxylic acids is 1. The van der Waals surface area contributed by atoms with Gasteiger partial charge in [-0.15, -0.1) is 0 Å². The van der Waals surface area contributed by atoms with Gasteiger partial charge in [-0.3, -0.25) is 4.79 Å². The molecule has 8 heteroatoms. The molecule has 0 unspecified atom stereocenters. The summed E-state index contributed by atoms with van der Waals surface area (Å²) in [5.41, 5.74) is 5.51. The van der Waals surface area contributed by atoms with E-state index < -0.39 is 18.6 Å². The van der Waals surface area contributed by atoms with Gasteiger partial charge in [-0.2, -0.15) is 13.2 Å². The molecule has 0 radical (unpaired) electrons. The van der Waals surface area contributed by atoms with Crippen LogP contribution in [0.1, 0.15) is 24.2 Å². The molecule has 1 heterocycles. The van der Waals surface area contributed by atoms with Crippen molar-refractivity contribution >= 4 is 23.2 Å². The third kappa shape index (κ3) is 4.88. The van der Waals surface area contributed by atoms with Crippen molar-refractivity contribution in [2.45, 2.75) is 20.0 Å². The largest absolute Gasteiger partial charge is 0.406 e. The van der Waals surface area contributed by atoms with Crippen molar-refractivity contribution in [1.82, 2.24) is 9.88 Å². The highest BCUT2D eigenvalue weighted by molar-refractivity contribution is 6.32. The molecule has 20 heavy (non-hydrogen) atoms. The first-order valence-corrected chi connectivity index (χ1v) is 6.25. The predicted molar refractivity (Wildman–Crippen MR) is 70.5 cm³/mol. The summed E-state index contributed by atoms with van der Waals surface area (Å²) in [5, 5.41) is -0.167. The molecule has 112 valence electrons. The molecule has 0 aliphatic heterocycles. The average Bonchev–Trinajstić information content (AvgIpc) is 2.28. The maximum absolute atomic E-state index is 12.5. The lowest BCUT2D eigenvalue weighted by molar-refractivity contribution is -0.141. The zero-order chi connectivity index (χ0) is 15.5. The number of carbonyl (C=O) groups is 1. The monoisotopic (exact) mass is 309 g/mol. The van der Waals surface area contributed by atoms with Gasteiger partial charge in [-0.25, -0.2) is 4.98 Å². The van der Waals surface area contributed by atoms with Crippen molar-refractivity contribution in [1.29, 1.82) is 0 Å². The molecule has 0 fully saturated rings. The van der Waals surface area contributed by atoms with Crippen LogP contribution in [0.4, 0.5) is 18.9 Å². The Hall–Kier alpha value is -1.50. The van der Waals surface area contributed by atoms with Crippen molar-refractivity contribution in [2.24, 2.45) is 5.92 Å². The van der Waals surface area contributed by atoms with E-state index in [1.807, 2.05) is 0 Å². The minimum absolute atomic E-state index is 0.0382. The fourth-order valence-electron chi connectivity index (χ4n) is 1.66. The lowest BCUT2D eigenvalue weighted by Gasteiger charge is -2.26. The van der Waals surface area contributed by atoms with Crippen LogP contribution < -0.4 is 5.73 Å². The molecule has 1 amide bonds. The van der Waals surface area contributed by atoms with Crippen LogP contribution in [0.25, 0.3) is 0 Å². The molecule has 0 aromatic carbocycles. The Bertz CT molecular complexity index is 491. The van der Waals surface area contributed by atoms with Crippen LogP contribution in [0.15, 0.2) is 12.3 Å². The molecule has 1 aromatic heterocycles. The number of alkyl halides is 3. The van der Waals surface area contributed by atoms with Gasteiger partial charge in [0.15, 0.2) is 0 Å². The van der Waals surface area contributed by atoms with Crippen LogP contribution in [-0.4, -0.2) is 35.1 Å². The Kier molecular flexibility index (Phi) is 5.21. The van der Waals surface area contributed by atoms with Crippen molar-refractivity contribution in [2.75, 3.05) is 18.8 Å². The zero-order valence-corrected chi connectivity index (χ0v) is 11.8. The summed E-state index contributed by atoms with van der Waals surface area (Å²) < 4.78 is 37.6. The fraction of sp³-hybridized carbons (Fsp3) is 0.500. The van der Waals surface area contributed by atoms with Crippen LogP contribution >= 0.6 is 11.6 Å². The second-order valence-electron chi connectivity index (χ2n) is 4.80. The van der Waals surface area contributed by atoms with Crippen LogP contribution in [-0.2, 0) is 0 Å². The van der Waals surface area contributed by atoms with Crippen molar-refractivity contribution in [3.05, 3.63) is 23.0 Å². The SMILES string of the molecule is CC(C)CN(CC(F)(F)F)C(=O)c1cc(N)cnc1Cl. The standard InChI is InChI=1S/C12H15ClF3N3O/c1-7(2)5-19(6-12(14,15)16)11(20)9-3-8(17)4-18-10(9)13/h3-4,7H,5-6,17H2,1-2H3. The predicted octanol–water partition coefficient (Wildman–Crippen LogP) is 2.98. The van der Waals surface area contributed by atoms with E-state index in [2.05, 4.69) is 4.98 Å². The third-order valence-corrected chi connectivity index (χ3v) is 2.63. The maximum Gasteiger partial charge on any atom is 0.406 e. The zero-order valence-electron chi connectivity index (χ0n) is 11.0. The first-order chi connectivity index (χ1) is 9.10. The molecular weight excluding hydrogens is 295 g/mol. The molecular formula is C12H15ClF3N3O. The van der Waals surface area contributed by atoms with Gasteiger partial charge in [0.05, 0.1) is 17.4 Å². The smallest absolute Gasteiger partial charge is 0.397 e. The van der Waals surface area contributed by atoms with Gasteiger partial charge < -0.3 is 10.6 Å². The highest BCUT2D eigenvalue weighted by Crippen LogP contribution is 2.22. The van der Waals surface area contributed by atoms with Gasteiger partial charge in [0, 0.05) is 6.54 Å². The summed E-state index contributed by atoms with van der Waals surface area (Å²) in [5.74, 6) is -0.949. The van der Waals surface area contributed by atoms with Crippen LogP contribution in [0.2, 0.25) is 5.15 Å². The third-order valence-electron chi connectivity index (χ3n) is 2.33. The molecule has 0 aliphatic carbocycles. The first kappa shape index (κ1) is 16.6. The van der Waals surface area contributed by atoms with E-state index in [0.29, 0.717) is 4.90 Å². The quantitative estimate of drug-likeness (QED) is 0.870. The Morgan fingerprint density at radius 1 is 1.50 bits per heavy atom. The van der Waals surface area contributed by atoms with Crippen LogP contribution in [0, 0.1) is 5.92 Å². The number of rotatable bonds is 4. The van der Waals surface area contributed by atoms with E-state index in [1.165, 1.54) is 12.3 Å². The van der Waals surface area contributed by atoms with E-state index in [1.54, 1.807) is 13.8 Å². The van der Waals surface area contributed by atoms with Gasteiger partial charge in [-0.1, -0.05) is 25.4 Å². The number of nitrogens with zero attached hydrogens (tertiary/aromatic N) is 2. The number of nitrogen functional groups attached to an aromatic ring is 1. The van der Waals surface area contributed by atoms with Crippen LogP contribution in [0.5, 0.6) is 0 Å². The van der Waals surface area contributed by atoms with Gasteiger partial charge in [0.25, 0.3) is 5.91 Å². The molecule has 0 saturated heterocycles. The summed E-state index contributed by atoms with van der Waals surface area (Å²) >= 11 is 5.75. The number of hydrogen-bond donors (Lipinski definition) is 1. The highest BCUT2D eigenvalue weighted by atomic mass is 35.5. The van der Waals surface area contributed by atoms with E-state index in [0.717, 1.165) is 0 Å². The number of aromatic nitrogens is 1. The van der Waals surface area contributed by atoms with Gasteiger partial charge in [0.2, 0.25) is 0 Å². The first-order valence-electron chi connectivity index (χ1n) is 5.87. The van der Waals surface area contributed by atoms with Crippen molar-refractivity contribution < 1.29 is 18.0 Å². The van der Waals surface area contributed by atoms with Crippen molar-refractivity contribution in [3.8, 4) is 0 Å². The lowest BCUT2D eigenvalue weighted by atomic mass is 10.1. The number of hydrogen-bond acceptors (Lipinski definition) is 3. The van der Waals surface area contributed by atoms with E-state index >= 15 is 0 Å². The Morgan fingerprint density at radius 2 is 2.10 bits per heavy atom. The molecule has 4 nitrogen and oxygen atoms in total. The molecule has 2 N–H and O–H groups in total.